The van der Waals surface area contributed by atoms with Gasteiger partial charge in [0.05, 0.1) is 4.90 Å². The maximum atomic E-state index is 12.4. The lowest BCUT2D eigenvalue weighted by atomic mass is 10.1. The number of likely N-dealkylation sites (N-methyl/N-ethyl adjacent to an activating group) is 1. The number of aryl methyl sites for hydroxylation is 2. The summed E-state index contributed by atoms with van der Waals surface area (Å²) in [6.45, 7) is 6.89. The van der Waals surface area contributed by atoms with E-state index < -0.39 is 10.0 Å². The molecule has 0 atom stereocenters. The van der Waals surface area contributed by atoms with E-state index in [0.29, 0.717) is 11.4 Å². The minimum atomic E-state index is -3.43. The van der Waals surface area contributed by atoms with E-state index in [-0.39, 0.29) is 0 Å². The molecule has 5 nitrogen and oxygen atoms in total. The Labute approximate surface area is 175 Å². The molecule has 1 aliphatic rings. The first-order valence-corrected chi connectivity index (χ1v) is 12.1. The fraction of sp³-hybridized carbons (Fsp3) is 0.478. The van der Waals surface area contributed by atoms with Crippen LogP contribution in [0, 0.1) is 0 Å². The van der Waals surface area contributed by atoms with Gasteiger partial charge in [-0.05, 0) is 61.7 Å². The molecular formula is C23H33N3O2S. The van der Waals surface area contributed by atoms with Crippen molar-refractivity contribution in [3.8, 4) is 0 Å². The van der Waals surface area contributed by atoms with Gasteiger partial charge in [-0.25, -0.2) is 13.1 Å². The molecular weight excluding hydrogens is 382 g/mol. The van der Waals surface area contributed by atoms with E-state index in [9.17, 15) is 8.42 Å². The number of benzene rings is 2. The average Bonchev–Trinajstić information content (AvgIpc) is 2.73. The highest BCUT2D eigenvalue weighted by atomic mass is 32.2. The first-order chi connectivity index (χ1) is 14.0. The van der Waals surface area contributed by atoms with Crippen molar-refractivity contribution in [3.63, 3.8) is 0 Å². The van der Waals surface area contributed by atoms with E-state index in [0.717, 1.165) is 51.9 Å². The van der Waals surface area contributed by atoms with Crippen LogP contribution in [0.5, 0.6) is 0 Å². The molecule has 6 heteroatoms. The third-order valence-electron chi connectivity index (χ3n) is 5.51. The zero-order valence-corrected chi connectivity index (χ0v) is 18.4. The molecule has 0 radical (unpaired) electrons. The standard InChI is InChI=1S/C23H33N3O2S/c1-3-5-20-9-13-23(14-10-20)29(27,28)24-15-4-6-21-7-11-22(12-8-21)26-18-16-25(2)17-19-26/h7-14,24H,3-6,15-19H2,1-2H3. The van der Waals surface area contributed by atoms with Crippen molar-refractivity contribution in [2.45, 2.75) is 37.5 Å². The van der Waals surface area contributed by atoms with Gasteiger partial charge in [-0.3, -0.25) is 0 Å². The van der Waals surface area contributed by atoms with Gasteiger partial charge in [0, 0.05) is 38.4 Å². The van der Waals surface area contributed by atoms with Crippen LogP contribution < -0.4 is 9.62 Å². The van der Waals surface area contributed by atoms with Crippen LogP contribution in [-0.2, 0) is 22.9 Å². The van der Waals surface area contributed by atoms with Crippen LogP contribution in [-0.4, -0.2) is 53.1 Å². The Morgan fingerprint density at radius 1 is 0.862 bits per heavy atom. The van der Waals surface area contributed by atoms with Gasteiger partial charge in [0.2, 0.25) is 10.0 Å². The summed E-state index contributed by atoms with van der Waals surface area (Å²) in [5, 5.41) is 0. The summed E-state index contributed by atoms with van der Waals surface area (Å²) in [7, 11) is -1.27. The van der Waals surface area contributed by atoms with Crippen molar-refractivity contribution in [1.82, 2.24) is 9.62 Å². The largest absolute Gasteiger partial charge is 0.369 e. The summed E-state index contributed by atoms with van der Waals surface area (Å²) < 4.78 is 27.6. The van der Waals surface area contributed by atoms with Crippen LogP contribution in [0.25, 0.3) is 0 Å². The second kappa shape index (κ2) is 10.2. The van der Waals surface area contributed by atoms with Crippen LogP contribution in [0.3, 0.4) is 0 Å². The molecule has 1 saturated heterocycles. The Morgan fingerprint density at radius 3 is 2.07 bits per heavy atom. The van der Waals surface area contributed by atoms with E-state index in [2.05, 4.69) is 52.8 Å². The minimum absolute atomic E-state index is 0.342. The summed E-state index contributed by atoms with van der Waals surface area (Å²) in [5.74, 6) is 0. The number of anilines is 1. The zero-order valence-electron chi connectivity index (χ0n) is 17.6. The van der Waals surface area contributed by atoms with Gasteiger partial charge in [0.25, 0.3) is 0 Å². The smallest absolute Gasteiger partial charge is 0.240 e. The predicted octanol–water partition coefficient (Wildman–Crippen LogP) is 3.30. The van der Waals surface area contributed by atoms with Crippen LogP contribution in [0.4, 0.5) is 5.69 Å². The summed E-state index contributed by atoms with van der Waals surface area (Å²) in [4.78, 5) is 5.11. The molecule has 3 rings (SSSR count). The highest BCUT2D eigenvalue weighted by Gasteiger charge is 2.14. The monoisotopic (exact) mass is 415 g/mol. The van der Waals surface area contributed by atoms with Crippen molar-refractivity contribution in [1.29, 1.82) is 0 Å². The van der Waals surface area contributed by atoms with Crippen molar-refractivity contribution in [3.05, 3.63) is 59.7 Å². The molecule has 0 spiro atoms. The van der Waals surface area contributed by atoms with Crippen molar-refractivity contribution >= 4 is 15.7 Å². The molecule has 1 heterocycles. The summed E-state index contributed by atoms with van der Waals surface area (Å²) in [6, 6.07) is 15.9. The molecule has 2 aromatic rings. The molecule has 2 aromatic carbocycles. The Bertz CT molecular complexity index is 856. The predicted molar refractivity (Wildman–Crippen MR) is 120 cm³/mol. The molecule has 1 fully saturated rings. The highest BCUT2D eigenvalue weighted by Crippen LogP contribution is 2.18. The van der Waals surface area contributed by atoms with Crippen molar-refractivity contribution in [2.24, 2.45) is 0 Å². The number of nitrogens with zero attached hydrogens (tertiary/aromatic N) is 2. The maximum Gasteiger partial charge on any atom is 0.240 e. The van der Waals surface area contributed by atoms with Gasteiger partial charge >= 0.3 is 0 Å². The second-order valence-corrected chi connectivity index (χ2v) is 9.62. The Kier molecular flexibility index (Phi) is 7.70. The average molecular weight is 416 g/mol. The van der Waals surface area contributed by atoms with Gasteiger partial charge in [-0.1, -0.05) is 37.6 Å². The lowest BCUT2D eigenvalue weighted by Gasteiger charge is -2.34. The van der Waals surface area contributed by atoms with Crippen LogP contribution in [0.2, 0.25) is 0 Å². The minimum Gasteiger partial charge on any atom is -0.369 e. The number of rotatable bonds is 9. The Morgan fingerprint density at radius 2 is 1.45 bits per heavy atom. The third kappa shape index (κ3) is 6.29. The lowest BCUT2D eigenvalue weighted by Crippen LogP contribution is -2.44. The quantitative estimate of drug-likeness (QED) is 0.639. The van der Waals surface area contributed by atoms with Crippen LogP contribution in [0.15, 0.2) is 53.4 Å². The molecule has 29 heavy (non-hydrogen) atoms. The van der Waals surface area contributed by atoms with Crippen molar-refractivity contribution < 1.29 is 8.42 Å². The summed E-state index contributed by atoms with van der Waals surface area (Å²) in [5.41, 5.74) is 3.69. The van der Waals surface area contributed by atoms with Gasteiger partial charge in [0.1, 0.15) is 0 Å². The van der Waals surface area contributed by atoms with Gasteiger partial charge in [-0.15, -0.1) is 0 Å². The van der Waals surface area contributed by atoms with E-state index in [1.54, 1.807) is 12.1 Å². The van der Waals surface area contributed by atoms with Crippen LogP contribution in [0.1, 0.15) is 30.9 Å². The Balaban J connectivity index is 1.44. The number of hydrogen-bond acceptors (Lipinski definition) is 4. The normalized spacial score (nSPS) is 15.6. The fourth-order valence-electron chi connectivity index (χ4n) is 3.64. The number of hydrogen-bond donors (Lipinski definition) is 1. The molecule has 1 N–H and O–H groups in total. The first-order valence-electron chi connectivity index (χ1n) is 10.6. The first kappa shape index (κ1) is 21.8. The molecule has 0 unspecified atom stereocenters. The fourth-order valence-corrected chi connectivity index (χ4v) is 4.72. The lowest BCUT2D eigenvalue weighted by molar-refractivity contribution is 0.313. The molecule has 0 amide bonds. The zero-order chi connectivity index (χ0) is 20.7. The highest BCUT2D eigenvalue weighted by molar-refractivity contribution is 7.89. The molecule has 0 aliphatic carbocycles. The SMILES string of the molecule is CCCc1ccc(S(=O)(=O)NCCCc2ccc(N3CCN(C)CC3)cc2)cc1. The van der Waals surface area contributed by atoms with E-state index in [1.165, 1.54) is 16.8 Å². The molecule has 0 bridgehead atoms. The number of piperazine rings is 1. The maximum absolute atomic E-state index is 12.4. The third-order valence-corrected chi connectivity index (χ3v) is 6.99. The molecule has 0 aromatic heterocycles. The van der Waals surface area contributed by atoms with Crippen molar-refractivity contribution in [2.75, 3.05) is 44.7 Å². The second-order valence-electron chi connectivity index (χ2n) is 7.85. The summed E-state index contributed by atoms with van der Waals surface area (Å²) >= 11 is 0. The molecule has 1 aliphatic heterocycles. The van der Waals surface area contributed by atoms with Crippen LogP contribution >= 0.6 is 0 Å². The van der Waals surface area contributed by atoms with Gasteiger partial charge < -0.3 is 9.80 Å². The van der Waals surface area contributed by atoms with E-state index in [4.69, 9.17) is 0 Å². The van der Waals surface area contributed by atoms with Gasteiger partial charge in [-0.2, -0.15) is 0 Å². The van der Waals surface area contributed by atoms with Gasteiger partial charge in [0.15, 0.2) is 0 Å². The van der Waals surface area contributed by atoms with E-state index in [1.807, 2.05) is 12.1 Å². The number of sulfonamides is 1. The van der Waals surface area contributed by atoms with E-state index >= 15 is 0 Å². The topological polar surface area (TPSA) is 52.7 Å². The molecule has 0 saturated carbocycles. The Hall–Kier alpha value is -1.89. The molecule has 158 valence electrons. The number of nitrogens with one attached hydrogen (secondary N) is 1. The summed E-state index contributed by atoms with van der Waals surface area (Å²) in [6.07, 6.45) is 3.67.